The van der Waals surface area contributed by atoms with E-state index in [2.05, 4.69) is 23.9 Å². The van der Waals surface area contributed by atoms with E-state index in [0.29, 0.717) is 19.1 Å². The van der Waals surface area contributed by atoms with Crippen molar-refractivity contribution >= 4 is 5.97 Å². The van der Waals surface area contributed by atoms with E-state index >= 15 is 0 Å². The summed E-state index contributed by atoms with van der Waals surface area (Å²) < 4.78 is 5.01. The molecule has 0 aromatic heterocycles. The number of piperidine rings is 1. The van der Waals surface area contributed by atoms with Gasteiger partial charge in [-0.05, 0) is 66.7 Å². The zero-order valence-electron chi connectivity index (χ0n) is 13.5. The number of likely N-dealkylation sites (tertiary alicyclic amines) is 1. The van der Waals surface area contributed by atoms with Crippen LogP contribution in [0.3, 0.4) is 0 Å². The van der Waals surface area contributed by atoms with E-state index in [4.69, 9.17) is 10.5 Å². The average molecular weight is 285 g/mol. The third-order valence-corrected chi connectivity index (χ3v) is 4.12. The number of carbonyl (C=O) groups is 1. The molecule has 2 atom stereocenters. The standard InChI is InChI=1S/C15H31N3O2/c1-5-20-14(19)15(2,16)9-7-11-18-10-6-8-13(12-18)17(3)4/h13H,5-12,16H2,1-4H3. The molecule has 5 heteroatoms. The highest BCUT2D eigenvalue weighted by Gasteiger charge is 2.30. The van der Waals surface area contributed by atoms with Crippen molar-refractivity contribution in [2.24, 2.45) is 5.73 Å². The second-order valence-electron chi connectivity index (χ2n) is 6.30. The van der Waals surface area contributed by atoms with Gasteiger partial charge in [-0.2, -0.15) is 0 Å². The van der Waals surface area contributed by atoms with E-state index in [9.17, 15) is 4.79 Å². The third-order valence-electron chi connectivity index (χ3n) is 4.12. The topological polar surface area (TPSA) is 58.8 Å². The first-order chi connectivity index (χ1) is 9.36. The highest BCUT2D eigenvalue weighted by molar-refractivity contribution is 5.79. The summed E-state index contributed by atoms with van der Waals surface area (Å²) in [5, 5.41) is 0. The van der Waals surface area contributed by atoms with Crippen LogP contribution in [-0.2, 0) is 9.53 Å². The van der Waals surface area contributed by atoms with Crippen molar-refractivity contribution in [3.8, 4) is 0 Å². The molecule has 1 rings (SSSR count). The predicted octanol–water partition coefficient (Wildman–Crippen LogP) is 1.07. The SMILES string of the molecule is CCOC(=O)C(C)(N)CCCN1CCCC(N(C)C)C1. The van der Waals surface area contributed by atoms with Crippen LogP contribution in [0.1, 0.15) is 39.5 Å². The molecular formula is C15H31N3O2. The van der Waals surface area contributed by atoms with Crippen molar-refractivity contribution in [3.63, 3.8) is 0 Å². The number of ether oxygens (including phenoxy) is 1. The summed E-state index contributed by atoms with van der Waals surface area (Å²) in [6, 6.07) is 0.651. The van der Waals surface area contributed by atoms with Crippen LogP contribution in [0.15, 0.2) is 0 Å². The predicted molar refractivity (Wildman–Crippen MR) is 81.6 cm³/mol. The van der Waals surface area contributed by atoms with Gasteiger partial charge in [0.05, 0.1) is 6.61 Å². The van der Waals surface area contributed by atoms with Gasteiger partial charge in [-0.3, -0.25) is 4.79 Å². The number of likely N-dealkylation sites (N-methyl/N-ethyl adjacent to an activating group) is 1. The maximum Gasteiger partial charge on any atom is 0.325 e. The minimum absolute atomic E-state index is 0.287. The Morgan fingerprint density at radius 1 is 1.50 bits per heavy atom. The van der Waals surface area contributed by atoms with Crippen LogP contribution in [0.5, 0.6) is 0 Å². The van der Waals surface area contributed by atoms with E-state index < -0.39 is 5.54 Å². The van der Waals surface area contributed by atoms with Crippen LogP contribution in [0, 0.1) is 0 Å². The monoisotopic (exact) mass is 285 g/mol. The Morgan fingerprint density at radius 3 is 2.80 bits per heavy atom. The number of hydrogen-bond acceptors (Lipinski definition) is 5. The van der Waals surface area contributed by atoms with Gasteiger partial charge < -0.3 is 20.3 Å². The molecular weight excluding hydrogens is 254 g/mol. The van der Waals surface area contributed by atoms with E-state index in [0.717, 1.165) is 26.1 Å². The van der Waals surface area contributed by atoms with Crippen molar-refractivity contribution in [2.45, 2.75) is 51.1 Å². The Morgan fingerprint density at radius 2 is 2.20 bits per heavy atom. The van der Waals surface area contributed by atoms with Crippen LogP contribution in [0.25, 0.3) is 0 Å². The molecule has 2 N–H and O–H groups in total. The van der Waals surface area contributed by atoms with Gasteiger partial charge in [0.1, 0.15) is 5.54 Å². The Kier molecular flexibility index (Phi) is 6.92. The fourth-order valence-electron chi connectivity index (χ4n) is 2.72. The molecule has 1 saturated heterocycles. The largest absolute Gasteiger partial charge is 0.465 e. The van der Waals surface area contributed by atoms with E-state index in [-0.39, 0.29) is 5.97 Å². The molecule has 0 aliphatic carbocycles. The van der Waals surface area contributed by atoms with Gasteiger partial charge in [0.25, 0.3) is 0 Å². The first kappa shape index (κ1) is 17.4. The summed E-state index contributed by atoms with van der Waals surface area (Å²) in [7, 11) is 4.29. The van der Waals surface area contributed by atoms with Gasteiger partial charge in [-0.15, -0.1) is 0 Å². The number of esters is 1. The molecule has 0 aromatic carbocycles. The first-order valence-corrected chi connectivity index (χ1v) is 7.71. The molecule has 0 spiro atoms. The van der Waals surface area contributed by atoms with Gasteiger partial charge in [-0.25, -0.2) is 0 Å². The van der Waals surface area contributed by atoms with E-state index in [1.54, 1.807) is 6.92 Å². The van der Waals surface area contributed by atoms with Crippen LogP contribution < -0.4 is 5.73 Å². The summed E-state index contributed by atoms with van der Waals surface area (Å²) in [6.45, 7) is 7.25. The van der Waals surface area contributed by atoms with Crippen molar-refractivity contribution < 1.29 is 9.53 Å². The van der Waals surface area contributed by atoms with E-state index in [1.807, 2.05) is 6.92 Å². The van der Waals surface area contributed by atoms with Gasteiger partial charge >= 0.3 is 5.97 Å². The van der Waals surface area contributed by atoms with Gasteiger partial charge in [0.15, 0.2) is 0 Å². The molecule has 2 unspecified atom stereocenters. The van der Waals surface area contributed by atoms with Gasteiger partial charge in [0, 0.05) is 12.6 Å². The highest BCUT2D eigenvalue weighted by Crippen LogP contribution is 2.16. The second-order valence-corrected chi connectivity index (χ2v) is 6.30. The van der Waals surface area contributed by atoms with Gasteiger partial charge in [0.2, 0.25) is 0 Å². The Balaban J connectivity index is 2.31. The van der Waals surface area contributed by atoms with Gasteiger partial charge in [-0.1, -0.05) is 0 Å². The van der Waals surface area contributed by atoms with Crippen molar-refractivity contribution in [3.05, 3.63) is 0 Å². The third kappa shape index (κ3) is 5.38. The Bertz CT molecular complexity index is 305. The summed E-state index contributed by atoms with van der Waals surface area (Å²) in [5.74, 6) is -0.287. The fraction of sp³-hybridized carbons (Fsp3) is 0.933. The molecule has 1 aliphatic rings. The lowest BCUT2D eigenvalue weighted by Crippen LogP contribution is -2.48. The lowest BCUT2D eigenvalue weighted by Gasteiger charge is -2.36. The molecule has 0 bridgehead atoms. The lowest BCUT2D eigenvalue weighted by atomic mass is 9.96. The first-order valence-electron chi connectivity index (χ1n) is 7.71. The smallest absolute Gasteiger partial charge is 0.325 e. The molecule has 5 nitrogen and oxygen atoms in total. The minimum atomic E-state index is -0.854. The Labute approximate surface area is 123 Å². The molecule has 1 fully saturated rings. The minimum Gasteiger partial charge on any atom is -0.465 e. The number of nitrogens with two attached hydrogens (primary N) is 1. The summed E-state index contributed by atoms with van der Waals surface area (Å²) >= 11 is 0. The van der Waals surface area contributed by atoms with Crippen molar-refractivity contribution in [2.75, 3.05) is 40.3 Å². The normalized spacial score (nSPS) is 23.6. The fourth-order valence-corrected chi connectivity index (χ4v) is 2.72. The van der Waals surface area contributed by atoms with E-state index in [1.165, 1.54) is 12.8 Å². The van der Waals surface area contributed by atoms with Crippen LogP contribution in [-0.4, -0.2) is 67.7 Å². The van der Waals surface area contributed by atoms with Crippen LogP contribution >= 0.6 is 0 Å². The number of hydrogen-bond donors (Lipinski definition) is 1. The summed E-state index contributed by atoms with van der Waals surface area (Å²) in [4.78, 5) is 16.5. The van der Waals surface area contributed by atoms with Crippen molar-refractivity contribution in [1.29, 1.82) is 0 Å². The zero-order chi connectivity index (χ0) is 15.2. The lowest BCUT2D eigenvalue weighted by molar-refractivity contribution is -0.149. The van der Waals surface area contributed by atoms with Crippen LogP contribution in [0.4, 0.5) is 0 Å². The zero-order valence-corrected chi connectivity index (χ0v) is 13.5. The molecule has 20 heavy (non-hydrogen) atoms. The van der Waals surface area contributed by atoms with Crippen molar-refractivity contribution in [1.82, 2.24) is 9.80 Å². The average Bonchev–Trinajstić information content (AvgIpc) is 2.39. The number of carbonyl (C=O) groups excluding carboxylic acids is 1. The molecule has 0 radical (unpaired) electrons. The molecule has 0 saturated carbocycles. The maximum absolute atomic E-state index is 11.7. The molecule has 1 heterocycles. The second kappa shape index (κ2) is 7.96. The number of nitrogens with zero attached hydrogens (tertiary/aromatic N) is 2. The highest BCUT2D eigenvalue weighted by atomic mass is 16.5. The quantitative estimate of drug-likeness (QED) is 0.709. The number of rotatable bonds is 7. The molecule has 1 aliphatic heterocycles. The maximum atomic E-state index is 11.7. The molecule has 118 valence electrons. The summed E-state index contributed by atoms with van der Waals surface area (Å²) in [6.07, 6.45) is 4.14. The Hall–Kier alpha value is -0.650. The molecule has 0 aromatic rings. The molecule has 0 amide bonds. The summed E-state index contributed by atoms with van der Waals surface area (Å²) in [5.41, 5.74) is 5.18. The van der Waals surface area contributed by atoms with Crippen LogP contribution in [0.2, 0.25) is 0 Å².